The molecule has 2 aromatic rings. The maximum absolute atomic E-state index is 14.5. The Hall–Kier alpha value is -2.67. The third-order valence-corrected chi connectivity index (χ3v) is 5.55. The largest absolute Gasteiger partial charge is 0.343 e. The topological polar surface area (TPSA) is 41.5 Å². The zero-order chi connectivity index (χ0) is 21.8. The summed E-state index contributed by atoms with van der Waals surface area (Å²) >= 11 is 6.21. The van der Waals surface area contributed by atoms with Crippen LogP contribution >= 0.6 is 11.6 Å². The number of amidine groups is 1. The number of carbonyl (C=O) groups excluding carboxylic acids is 1. The van der Waals surface area contributed by atoms with Gasteiger partial charge in [0.1, 0.15) is 35.1 Å². The van der Waals surface area contributed by atoms with Crippen molar-refractivity contribution in [3.05, 3.63) is 81.0 Å². The molecule has 4 rings (SSSR count). The summed E-state index contributed by atoms with van der Waals surface area (Å²) in [5.41, 5.74) is 0.203. The number of allylic oxidation sites excluding steroid dienone is 1. The van der Waals surface area contributed by atoms with Crippen LogP contribution in [-0.2, 0) is 4.79 Å². The summed E-state index contributed by atoms with van der Waals surface area (Å²) in [6.07, 6.45) is 0.680. The number of hydrogen-bond acceptors (Lipinski definition) is 3. The highest BCUT2D eigenvalue weighted by Crippen LogP contribution is 2.44. The second-order valence-corrected chi connectivity index (χ2v) is 8.66. The van der Waals surface area contributed by atoms with Crippen molar-refractivity contribution < 1.29 is 22.4 Å². The number of Topliss-reactive ketones (excluding diaryl/α,β-unsaturated/α-hetero) is 1. The van der Waals surface area contributed by atoms with E-state index in [-0.39, 0.29) is 28.5 Å². The van der Waals surface area contributed by atoms with E-state index < -0.39 is 34.9 Å². The van der Waals surface area contributed by atoms with Crippen molar-refractivity contribution in [3.8, 4) is 0 Å². The van der Waals surface area contributed by atoms with Gasteiger partial charge in [-0.1, -0.05) is 31.5 Å². The van der Waals surface area contributed by atoms with Crippen LogP contribution in [-0.4, -0.2) is 11.6 Å². The number of halogens is 5. The molecule has 1 aliphatic carbocycles. The molecule has 1 heterocycles. The summed E-state index contributed by atoms with van der Waals surface area (Å²) in [6.45, 7) is 3.81. The van der Waals surface area contributed by atoms with Crippen LogP contribution in [0.15, 0.2) is 46.6 Å². The van der Waals surface area contributed by atoms with E-state index in [0.717, 1.165) is 6.07 Å². The van der Waals surface area contributed by atoms with Crippen molar-refractivity contribution in [2.45, 2.75) is 32.7 Å². The Morgan fingerprint density at radius 3 is 2.33 bits per heavy atom. The first-order valence-electron chi connectivity index (χ1n) is 9.27. The van der Waals surface area contributed by atoms with Crippen LogP contribution in [0.2, 0.25) is 5.02 Å². The Kier molecular flexibility index (Phi) is 4.97. The van der Waals surface area contributed by atoms with Crippen molar-refractivity contribution in [2.24, 2.45) is 10.4 Å². The molecular formula is C22H17ClF4N2O. The van der Waals surface area contributed by atoms with Crippen molar-refractivity contribution in [1.29, 1.82) is 0 Å². The van der Waals surface area contributed by atoms with E-state index in [4.69, 9.17) is 11.6 Å². The van der Waals surface area contributed by atoms with Gasteiger partial charge in [-0.2, -0.15) is 0 Å². The fourth-order valence-corrected chi connectivity index (χ4v) is 4.25. The first kappa shape index (κ1) is 20.6. The van der Waals surface area contributed by atoms with E-state index in [1.165, 1.54) is 12.1 Å². The van der Waals surface area contributed by atoms with Crippen LogP contribution in [0.5, 0.6) is 0 Å². The molecule has 0 spiro atoms. The molecule has 2 aliphatic rings. The standard InChI is InChI=1S/C22H17ClF4N2O/c1-22(2)8-16-19(17(30)9-22)20(12-4-3-10(24)5-13(12)23)29-21(28-16)18-14(26)6-11(25)7-15(18)27/h3-7,20H,8-9H2,1-2H3,(H,28,29). The Balaban J connectivity index is 1.92. The molecule has 0 aromatic heterocycles. The Morgan fingerprint density at radius 1 is 1.03 bits per heavy atom. The lowest BCUT2D eigenvalue weighted by molar-refractivity contribution is -0.118. The molecule has 1 atom stereocenters. The monoisotopic (exact) mass is 436 g/mol. The van der Waals surface area contributed by atoms with Crippen LogP contribution < -0.4 is 5.32 Å². The minimum atomic E-state index is -1.13. The highest BCUT2D eigenvalue weighted by Gasteiger charge is 2.40. The molecule has 0 bridgehead atoms. The first-order valence-corrected chi connectivity index (χ1v) is 9.64. The number of ketones is 1. The fourth-order valence-electron chi connectivity index (χ4n) is 3.98. The van der Waals surface area contributed by atoms with Gasteiger partial charge in [-0.15, -0.1) is 0 Å². The molecule has 1 N–H and O–H groups in total. The summed E-state index contributed by atoms with van der Waals surface area (Å²) < 4.78 is 55.8. The lowest BCUT2D eigenvalue weighted by atomic mass is 9.73. The molecule has 156 valence electrons. The van der Waals surface area contributed by atoms with Crippen LogP contribution in [0.4, 0.5) is 17.6 Å². The van der Waals surface area contributed by atoms with Gasteiger partial charge in [-0.25, -0.2) is 17.6 Å². The average molecular weight is 437 g/mol. The number of carbonyl (C=O) groups is 1. The quantitative estimate of drug-likeness (QED) is 0.620. The van der Waals surface area contributed by atoms with E-state index in [2.05, 4.69) is 10.3 Å². The Bertz CT molecular complexity index is 1120. The highest BCUT2D eigenvalue weighted by atomic mass is 35.5. The van der Waals surface area contributed by atoms with Crippen molar-refractivity contribution >= 4 is 23.2 Å². The molecule has 8 heteroatoms. The van der Waals surface area contributed by atoms with Gasteiger partial charge in [0, 0.05) is 40.4 Å². The number of rotatable bonds is 2. The fraction of sp³-hybridized carbons (Fsp3) is 0.273. The summed E-state index contributed by atoms with van der Waals surface area (Å²) in [7, 11) is 0. The summed E-state index contributed by atoms with van der Waals surface area (Å²) in [5.74, 6) is -4.25. The third kappa shape index (κ3) is 3.62. The Labute approximate surface area is 175 Å². The number of nitrogens with zero attached hydrogens (tertiary/aromatic N) is 1. The van der Waals surface area contributed by atoms with Crippen LogP contribution in [0.1, 0.15) is 43.9 Å². The smallest absolute Gasteiger partial charge is 0.163 e. The van der Waals surface area contributed by atoms with E-state index >= 15 is 0 Å². The number of aliphatic imine (C=N–C) groups is 1. The van der Waals surface area contributed by atoms with E-state index in [1.54, 1.807) is 0 Å². The number of nitrogens with one attached hydrogen (secondary N) is 1. The molecule has 1 unspecified atom stereocenters. The van der Waals surface area contributed by atoms with Crippen molar-refractivity contribution in [3.63, 3.8) is 0 Å². The predicted octanol–water partition coefficient (Wildman–Crippen LogP) is 5.63. The molecule has 2 aromatic carbocycles. The summed E-state index contributed by atoms with van der Waals surface area (Å²) in [4.78, 5) is 17.3. The van der Waals surface area contributed by atoms with E-state index in [9.17, 15) is 22.4 Å². The van der Waals surface area contributed by atoms with Crippen molar-refractivity contribution in [2.75, 3.05) is 0 Å². The first-order chi connectivity index (χ1) is 14.1. The molecular weight excluding hydrogens is 420 g/mol. The molecule has 0 amide bonds. The average Bonchev–Trinajstić information content (AvgIpc) is 2.58. The van der Waals surface area contributed by atoms with Gasteiger partial charge in [0.25, 0.3) is 0 Å². The summed E-state index contributed by atoms with van der Waals surface area (Å²) in [6, 6.07) is 3.80. The van der Waals surface area contributed by atoms with Gasteiger partial charge in [-0.05, 0) is 24.0 Å². The van der Waals surface area contributed by atoms with Crippen LogP contribution in [0.3, 0.4) is 0 Å². The van der Waals surface area contributed by atoms with Gasteiger partial charge < -0.3 is 5.32 Å². The molecule has 3 nitrogen and oxygen atoms in total. The highest BCUT2D eigenvalue weighted by molar-refractivity contribution is 6.31. The number of benzene rings is 2. The summed E-state index contributed by atoms with van der Waals surface area (Å²) in [5, 5.41) is 2.92. The maximum atomic E-state index is 14.5. The van der Waals surface area contributed by atoms with E-state index in [1.807, 2.05) is 13.8 Å². The molecule has 0 saturated carbocycles. The molecule has 0 radical (unpaired) electrons. The van der Waals surface area contributed by atoms with Gasteiger partial charge in [0.05, 0.1) is 5.56 Å². The van der Waals surface area contributed by atoms with Crippen LogP contribution in [0, 0.1) is 28.7 Å². The minimum Gasteiger partial charge on any atom is -0.343 e. The lowest BCUT2D eigenvalue weighted by Crippen LogP contribution is -2.40. The maximum Gasteiger partial charge on any atom is 0.163 e. The van der Waals surface area contributed by atoms with Gasteiger partial charge >= 0.3 is 0 Å². The Morgan fingerprint density at radius 2 is 1.70 bits per heavy atom. The zero-order valence-corrected chi connectivity index (χ0v) is 16.9. The molecule has 1 aliphatic heterocycles. The zero-order valence-electron chi connectivity index (χ0n) is 16.1. The minimum absolute atomic E-state index is 0.0366. The van der Waals surface area contributed by atoms with Gasteiger partial charge in [0.15, 0.2) is 5.78 Å². The number of hydrogen-bond donors (Lipinski definition) is 1. The van der Waals surface area contributed by atoms with Gasteiger partial charge in [0.2, 0.25) is 0 Å². The van der Waals surface area contributed by atoms with Gasteiger partial charge in [-0.3, -0.25) is 9.79 Å². The van der Waals surface area contributed by atoms with E-state index in [0.29, 0.717) is 35.4 Å². The third-order valence-electron chi connectivity index (χ3n) is 5.22. The molecule has 0 fully saturated rings. The second kappa shape index (κ2) is 7.23. The SMILES string of the molecule is CC1(C)CC(=O)C2=C(C1)NC(c1c(F)cc(F)cc1F)=NC2c1ccc(F)cc1Cl. The predicted molar refractivity (Wildman–Crippen MR) is 105 cm³/mol. The normalized spacial score (nSPS) is 20.6. The van der Waals surface area contributed by atoms with Crippen LogP contribution in [0.25, 0.3) is 0 Å². The molecule has 0 saturated heterocycles. The van der Waals surface area contributed by atoms with Crippen molar-refractivity contribution in [1.82, 2.24) is 5.32 Å². The molecule has 30 heavy (non-hydrogen) atoms. The lowest BCUT2D eigenvalue weighted by Gasteiger charge is -2.37. The second-order valence-electron chi connectivity index (χ2n) is 8.25.